The molecule has 0 unspecified atom stereocenters. The van der Waals surface area contributed by atoms with Gasteiger partial charge in [0.1, 0.15) is 0 Å². The van der Waals surface area contributed by atoms with E-state index in [9.17, 15) is 0 Å². The summed E-state index contributed by atoms with van der Waals surface area (Å²) in [6.45, 7) is 1.19. The average Bonchev–Trinajstić information content (AvgIpc) is 1.37. The third kappa shape index (κ3) is 12.5. The van der Waals surface area contributed by atoms with Gasteiger partial charge in [-0.2, -0.15) is 0 Å². The normalized spacial score (nSPS) is 6.00. The fourth-order valence-electron chi connectivity index (χ4n) is 0. The summed E-state index contributed by atoms with van der Waals surface area (Å²) in [6, 6.07) is 0. The van der Waals surface area contributed by atoms with Crippen LogP contribution >= 0.6 is 0 Å². The zero-order valence-corrected chi connectivity index (χ0v) is 4.41. The Hall–Kier alpha value is 0.504. The molecule has 0 aromatic carbocycles. The molecule has 0 fully saturated rings. The number of hydrogen-bond donors (Lipinski definition) is 2. The van der Waals surface area contributed by atoms with Crippen molar-refractivity contribution in [3.05, 3.63) is 0 Å². The van der Waals surface area contributed by atoms with Gasteiger partial charge in [-0.05, 0) is 0 Å². The second-order valence-electron chi connectivity index (χ2n) is 0.577. The van der Waals surface area contributed by atoms with E-state index in [-0.39, 0.29) is 18.6 Å². The molecule has 3 heteroatoms. The molecule has 0 aliphatic heterocycles. The van der Waals surface area contributed by atoms with Crippen molar-refractivity contribution in [2.75, 3.05) is 13.1 Å². The summed E-state index contributed by atoms with van der Waals surface area (Å²) in [5.41, 5.74) is 9.81. The minimum atomic E-state index is 0. The van der Waals surface area contributed by atoms with E-state index in [1.54, 1.807) is 0 Å². The van der Waals surface area contributed by atoms with Gasteiger partial charge in [-0.1, -0.05) is 0 Å². The van der Waals surface area contributed by atoms with Crippen LogP contribution in [0.15, 0.2) is 0 Å². The Bertz CT molecular complexity index is 9.61. The topological polar surface area (TPSA) is 52.0 Å². The van der Waals surface area contributed by atoms with E-state index in [0.717, 1.165) is 0 Å². The van der Waals surface area contributed by atoms with Crippen LogP contribution < -0.4 is 11.5 Å². The molecule has 0 spiro atoms. The molecule has 0 saturated carbocycles. The molecule has 2 nitrogen and oxygen atoms in total. The van der Waals surface area contributed by atoms with Crippen molar-refractivity contribution in [2.45, 2.75) is 0 Å². The average molecular weight is 111 g/mol. The maximum absolute atomic E-state index is 4.90. The molecule has 5 heavy (non-hydrogen) atoms. The first-order valence-corrected chi connectivity index (χ1v) is 1.32. The van der Waals surface area contributed by atoms with E-state index in [4.69, 9.17) is 11.5 Å². The van der Waals surface area contributed by atoms with Gasteiger partial charge in [-0.15, -0.1) is 0 Å². The molecule has 0 atom stereocenters. The van der Waals surface area contributed by atoms with E-state index in [1.807, 2.05) is 0 Å². The van der Waals surface area contributed by atoms with Crippen LogP contribution in [0.1, 0.15) is 0 Å². The third-order valence-electron chi connectivity index (χ3n) is 0.167. The predicted octanol–water partition coefficient (Wildman–Crippen LogP) is -1.10. The zero-order chi connectivity index (χ0) is 3.41. The standard InChI is InChI=1S/C2H8N2.V/c3-1-2-4;/h1-4H2;. The second kappa shape index (κ2) is 8.82. The summed E-state index contributed by atoms with van der Waals surface area (Å²) in [5.74, 6) is 0. The molecule has 0 amide bonds. The summed E-state index contributed by atoms with van der Waals surface area (Å²) >= 11 is 0. The SMILES string of the molecule is NCCN.[V]. The second-order valence-corrected chi connectivity index (χ2v) is 0.577. The molecule has 0 heterocycles. The summed E-state index contributed by atoms with van der Waals surface area (Å²) < 4.78 is 0. The van der Waals surface area contributed by atoms with Crippen LogP contribution in [0.4, 0.5) is 0 Å². The van der Waals surface area contributed by atoms with Gasteiger partial charge in [0, 0.05) is 31.6 Å². The van der Waals surface area contributed by atoms with E-state index >= 15 is 0 Å². The summed E-state index contributed by atoms with van der Waals surface area (Å²) in [4.78, 5) is 0. The molecule has 0 rings (SSSR count). The number of nitrogens with two attached hydrogens (primary N) is 2. The van der Waals surface area contributed by atoms with Crippen LogP contribution in [0, 0.1) is 0 Å². The minimum absolute atomic E-state index is 0. The largest absolute Gasteiger partial charge is 0.329 e. The first kappa shape index (κ1) is 9.09. The maximum Gasteiger partial charge on any atom is 0.00461 e. The number of rotatable bonds is 1. The van der Waals surface area contributed by atoms with Gasteiger partial charge in [0.05, 0.1) is 0 Å². The van der Waals surface area contributed by atoms with E-state index < -0.39 is 0 Å². The fourth-order valence-corrected chi connectivity index (χ4v) is 0. The Morgan fingerprint density at radius 2 is 1.20 bits per heavy atom. The van der Waals surface area contributed by atoms with Gasteiger partial charge in [0.15, 0.2) is 0 Å². The van der Waals surface area contributed by atoms with Gasteiger partial charge in [-0.3, -0.25) is 0 Å². The molecular formula is C2H8N2V. The molecule has 0 bridgehead atoms. The first-order valence-electron chi connectivity index (χ1n) is 1.32. The van der Waals surface area contributed by atoms with Crippen molar-refractivity contribution >= 4 is 0 Å². The Morgan fingerprint density at radius 3 is 1.20 bits per heavy atom. The Balaban J connectivity index is 0. The van der Waals surface area contributed by atoms with Crippen molar-refractivity contribution in [1.29, 1.82) is 0 Å². The van der Waals surface area contributed by atoms with Crippen molar-refractivity contribution in [3.8, 4) is 0 Å². The van der Waals surface area contributed by atoms with Gasteiger partial charge >= 0.3 is 0 Å². The van der Waals surface area contributed by atoms with Gasteiger partial charge in [-0.25, -0.2) is 0 Å². The monoisotopic (exact) mass is 111 g/mol. The van der Waals surface area contributed by atoms with E-state index in [2.05, 4.69) is 0 Å². The quantitative estimate of drug-likeness (QED) is 0.451. The van der Waals surface area contributed by atoms with Crippen LogP contribution in [0.3, 0.4) is 0 Å². The number of hydrogen-bond acceptors (Lipinski definition) is 2. The molecule has 31 valence electrons. The molecule has 0 aliphatic rings. The molecule has 0 aliphatic carbocycles. The van der Waals surface area contributed by atoms with Crippen molar-refractivity contribution < 1.29 is 18.6 Å². The van der Waals surface area contributed by atoms with Gasteiger partial charge in [0.25, 0.3) is 0 Å². The Kier molecular flexibility index (Phi) is 16.0. The van der Waals surface area contributed by atoms with Crippen molar-refractivity contribution in [1.82, 2.24) is 0 Å². The van der Waals surface area contributed by atoms with Crippen LogP contribution in [-0.2, 0) is 18.6 Å². The van der Waals surface area contributed by atoms with Crippen LogP contribution in [0.2, 0.25) is 0 Å². The summed E-state index contributed by atoms with van der Waals surface area (Å²) in [6.07, 6.45) is 0. The zero-order valence-electron chi connectivity index (χ0n) is 3.02. The van der Waals surface area contributed by atoms with Gasteiger partial charge < -0.3 is 11.5 Å². The van der Waals surface area contributed by atoms with Crippen LogP contribution in [0.5, 0.6) is 0 Å². The van der Waals surface area contributed by atoms with Crippen molar-refractivity contribution in [2.24, 2.45) is 11.5 Å². The minimum Gasteiger partial charge on any atom is -0.329 e. The molecule has 0 saturated heterocycles. The Labute approximate surface area is 43.8 Å². The van der Waals surface area contributed by atoms with Crippen molar-refractivity contribution in [3.63, 3.8) is 0 Å². The summed E-state index contributed by atoms with van der Waals surface area (Å²) in [7, 11) is 0. The van der Waals surface area contributed by atoms with E-state index in [1.165, 1.54) is 0 Å². The smallest absolute Gasteiger partial charge is 0.00461 e. The predicted molar refractivity (Wildman–Crippen MR) is 18.1 cm³/mol. The molecule has 0 aromatic heterocycles. The first-order chi connectivity index (χ1) is 1.91. The maximum atomic E-state index is 4.90. The fraction of sp³-hybridized carbons (Fsp3) is 1.00. The van der Waals surface area contributed by atoms with Crippen LogP contribution in [0.25, 0.3) is 0 Å². The van der Waals surface area contributed by atoms with Crippen LogP contribution in [-0.4, -0.2) is 13.1 Å². The molecular weight excluding hydrogens is 103 g/mol. The Morgan fingerprint density at radius 1 is 1.00 bits per heavy atom. The third-order valence-corrected chi connectivity index (χ3v) is 0.167. The molecule has 4 N–H and O–H groups in total. The van der Waals surface area contributed by atoms with E-state index in [0.29, 0.717) is 13.1 Å². The summed E-state index contributed by atoms with van der Waals surface area (Å²) in [5, 5.41) is 0. The molecule has 1 radical (unpaired) electrons. The van der Waals surface area contributed by atoms with Gasteiger partial charge in [0.2, 0.25) is 0 Å². The molecule has 0 aromatic rings.